The highest BCUT2D eigenvalue weighted by atomic mass is 14.7. The largest absolute Gasteiger partial charge is 0.399 e. The molecule has 3 aromatic carbocycles. The number of aromatic nitrogens is 1. The predicted molar refractivity (Wildman–Crippen MR) is 105 cm³/mol. The lowest BCUT2D eigenvalue weighted by Gasteiger charge is -2.11. The van der Waals surface area contributed by atoms with Gasteiger partial charge in [0.25, 0.3) is 0 Å². The number of benzene rings is 3. The van der Waals surface area contributed by atoms with Gasteiger partial charge in [-0.3, -0.25) is 0 Å². The summed E-state index contributed by atoms with van der Waals surface area (Å²) in [5.74, 6) is 0. The van der Waals surface area contributed by atoms with Crippen molar-refractivity contribution < 1.29 is 0 Å². The minimum absolute atomic E-state index is 0.716. The number of hydrogen-bond acceptors (Lipinski definition) is 3. The molecule has 3 nitrogen and oxygen atoms in total. The number of pyridine rings is 1. The molecule has 0 unspecified atom stereocenters. The number of nitrogens with zero attached hydrogens (tertiary/aromatic N) is 1. The van der Waals surface area contributed by atoms with E-state index in [1.165, 1.54) is 0 Å². The van der Waals surface area contributed by atoms with Crippen LogP contribution < -0.4 is 11.5 Å². The van der Waals surface area contributed by atoms with E-state index in [1.54, 1.807) is 0 Å². The first-order valence-electron chi connectivity index (χ1n) is 8.16. The number of nitrogen functional groups attached to an aromatic ring is 2. The molecule has 0 saturated carbocycles. The van der Waals surface area contributed by atoms with Crippen LogP contribution >= 0.6 is 0 Å². The number of anilines is 2. The van der Waals surface area contributed by atoms with Gasteiger partial charge < -0.3 is 11.5 Å². The van der Waals surface area contributed by atoms with Crippen LogP contribution in [0.4, 0.5) is 11.4 Å². The molecule has 0 spiro atoms. The Morgan fingerprint density at radius 3 is 2.00 bits per heavy atom. The first-order valence-corrected chi connectivity index (χ1v) is 8.16. The zero-order valence-corrected chi connectivity index (χ0v) is 14.0. The van der Waals surface area contributed by atoms with E-state index >= 15 is 0 Å². The van der Waals surface area contributed by atoms with Crippen LogP contribution in [0.1, 0.15) is 13.8 Å². The molecular weight excluding hydrogens is 294 g/mol. The van der Waals surface area contributed by atoms with Crippen LogP contribution in [0.3, 0.4) is 0 Å². The molecule has 24 heavy (non-hydrogen) atoms. The SMILES string of the molecule is CC.Nc1ccc2c(c1)nc(-c1ccccc1)c1cc(N)ccc12. The molecule has 0 saturated heterocycles. The van der Waals surface area contributed by atoms with E-state index in [1.807, 2.05) is 62.4 Å². The van der Waals surface area contributed by atoms with Gasteiger partial charge in [-0.1, -0.05) is 56.3 Å². The van der Waals surface area contributed by atoms with Crippen LogP contribution in [0.25, 0.3) is 32.9 Å². The number of hydrogen-bond donors (Lipinski definition) is 2. The van der Waals surface area contributed by atoms with Gasteiger partial charge in [-0.25, -0.2) is 4.98 Å². The minimum atomic E-state index is 0.716. The molecule has 0 fully saturated rings. The first kappa shape index (κ1) is 15.8. The third kappa shape index (κ3) is 2.76. The van der Waals surface area contributed by atoms with Crippen molar-refractivity contribution >= 4 is 33.1 Å². The monoisotopic (exact) mass is 315 g/mol. The Morgan fingerprint density at radius 1 is 0.667 bits per heavy atom. The second-order valence-electron chi connectivity index (χ2n) is 5.41. The van der Waals surface area contributed by atoms with Gasteiger partial charge in [0.1, 0.15) is 0 Å². The quantitative estimate of drug-likeness (QED) is 0.372. The Kier molecular flexibility index (Phi) is 4.34. The maximum atomic E-state index is 5.99. The predicted octanol–water partition coefficient (Wildman–Crippen LogP) is 5.25. The molecule has 0 atom stereocenters. The Morgan fingerprint density at radius 2 is 1.29 bits per heavy atom. The molecule has 4 N–H and O–H groups in total. The number of nitrogens with two attached hydrogens (primary N) is 2. The highest BCUT2D eigenvalue weighted by Crippen LogP contribution is 2.34. The van der Waals surface area contributed by atoms with Crippen LogP contribution in [-0.4, -0.2) is 4.98 Å². The fourth-order valence-corrected chi connectivity index (χ4v) is 2.86. The van der Waals surface area contributed by atoms with E-state index in [-0.39, 0.29) is 0 Å². The van der Waals surface area contributed by atoms with E-state index in [2.05, 4.69) is 18.2 Å². The lowest BCUT2D eigenvalue weighted by Crippen LogP contribution is -1.93. The number of rotatable bonds is 1. The van der Waals surface area contributed by atoms with Crippen molar-refractivity contribution in [3.63, 3.8) is 0 Å². The molecule has 1 heterocycles. The summed E-state index contributed by atoms with van der Waals surface area (Å²) in [5.41, 5.74) is 16.3. The highest BCUT2D eigenvalue weighted by molar-refractivity contribution is 6.12. The first-order chi connectivity index (χ1) is 11.7. The molecule has 0 radical (unpaired) electrons. The van der Waals surface area contributed by atoms with Crippen molar-refractivity contribution in [1.82, 2.24) is 4.98 Å². The summed E-state index contributed by atoms with van der Waals surface area (Å²) in [6.45, 7) is 4.00. The average Bonchev–Trinajstić information content (AvgIpc) is 2.63. The normalized spacial score (nSPS) is 10.4. The zero-order chi connectivity index (χ0) is 17.1. The summed E-state index contributed by atoms with van der Waals surface area (Å²) < 4.78 is 0. The van der Waals surface area contributed by atoms with Gasteiger partial charge in [-0.2, -0.15) is 0 Å². The van der Waals surface area contributed by atoms with Crippen LogP contribution in [0.15, 0.2) is 66.7 Å². The summed E-state index contributed by atoms with van der Waals surface area (Å²) in [6, 6.07) is 21.9. The molecule has 0 aliphatic carbocycles. The van der Waals surface area contributed by atoms with Crippen molar-refractivity contribution in [2.24, 2.45) is 0 Å². The second kappa shape index (κ2) is 6.59. The molecule has 0 aliphatic rings. The van der Waals surface area contributed by atoms with E-state index < -0.39 is 0 Å². The lowest BCUT2D eigenvalue weighted by atomic mass is 9.99. The van der Waals surface area contributed by atoms with E-state index in [0.29, 0.717) is 5.69 Å². The summed E-state index contributed by atoms with van der Waals surface area (Å²) in [5, 5.41) is 3.28. The maximum absolute atomic E-state index is 5.99. The summed E-state index contributed by atoms with van der Waals surface area (Å²) >= 11 is 0. The summed E-state index contributed by atoms with van der Waals surface area (Å²) in [4.78, 5) is 4.84. The fourth-order valence-electron chi connectivity index (χ4n) is 2.86. The second-order valence-corrected chi connectivity index (χ2v) is 5.41. The third-order valence-electron chi connectivity index (χ3n) is 3.89. The van der Waals surface area contributed by atoms with Crippen molar-refractivity contribution in [2.45, 2.75) is 13.8 Å². The molecule has 0 bridgehead atoms. The Bertz CT molecular complexity index is 992. The van der Waals surface area contributed by atoms with Gasteiger partial charge >= 0.3 is 0 Å². The third-order valence-corrected chi connectivity index (χ3v) is 3.89. The van der Waals surface area contributed by atoms with Crippen molar-refractivity contribution in [2.75, 3.05) is 11.5 Å². The van der Waals surface area contributed by atoms with E-state index in [0.717, 1.165) is 38.6 Å². The van der Waals surface area contributed by atoms with Crippen molar-refractivity contribution in [1.29, 1.82) is 0 Å². The highest BCUT2D eigenvalue weighted by Gasteiger charge is 2.10. The summed E-state index contributed by atoms with van der Waals surface area (Å²) in [7, 11) is 0. The molecular formula is C21H21N3. The smallest absolute Gasteiger partial charge is 0.0788 e. The molecule has 0 aliphatic heterocycles. The van der Waals surface area contributed by atoms with Gasteiger partial charge in [-0.15, -0.1) is 0 Å². The van der Waals surface area contributed by atoms with Gasteiger partial charge in [-0.05, 0) is 29.7 Å². The lowest BCUT2D eigenvalue weighted by molar-refractivity contribution is 1.43. The van der Waals surface area contributed by atoms with Gasteiger partial charge in [0.15, 0.2) is 0 Å². The van der Waals surface area contributed by atoms with Gasteiger partial charge in [0.2, 0.25) is 0 Å². The Hall–Kier alpha value is -3.07. The van der Waals surface area contributed by atoms with Gasteiger partial charge in [0.05, 0.1) is 11.2 Å². The maximum Gasteiger partial charge on any atom is 0.0788 e. The van der Waals surface area contributed by atoms with Crippen LogP contribution in [0.5, 0.6) is 0 Å². The number of fused-ring (bicyclic) bond motifs is 3. The van der Waals surface area contributed by atoms with E-state index in [4.69, 9.17) is 16.5 Å². The van der Waals surface area contributed by atoms with Crippen LogP contribution in [0, 0.1) is 0 Å². The Labute approximate surface area is 141 Å². The Balaban J connectivity index is 0.000000815. The zero-order valence-electron chi connectivity index (χ0n) is 14.0. The fraction of sp³-hybridized carbons (Fsp3) is 0.0952. The topological polar surface area (TPSA) is 64.9 Å². The minimum Gasteiger partial charge on any atom is -0.399 e. The van der Waals surface area contributed by atoms with Gasteiger partial charge in [0, 0.05) is 27.7 Å². The molecule has 1 aromatic heterocycles. The molecule has 3 heteroatoms. The molecule has 0 amide bonds. The summed E-state index contributed by atoms with van der Waals surface area (Å²) in [6.07, 6.45) is 0. The van der Waals surface area contributed by atoms with Crippen LogP contribution in [-0.2, 0) is 0 Å². The van der Waals surface area contributed by atoms with Crippen molar-refractivity contribution in [3.05, 3.63) is 66.7 Å². The molecule has 4 rings (SSSR count). The molecule has 120 valence electrons. The van der Waals surface area contributed by atoms with E-state index in [9.17, 15) is 0 Å². The average molecular weight is 315 g/mol. The van der Waals surface area contributed by atoms with Crippen molar-refractivity contribution in [3.8, 4) is 11.3 Å². The molecule has 4 aromatic rings. The van der Waals surface area contributed by atoms with Crippen LogP contribution in [0.2, 0.25) is 0 Å². The standard InChI is InChI=1S/C19H15N3.C2H6/c20-13-6-8-15-16-9-7-14(21)11-18(16)22-19(17(15)10-13)12-4-2-1-3-5-12;1-2/h1-11H,20-21H2;1-2H3.